The van der Waals surface area contributed by atoms with Gasteiger partial charge in [-0.15, -0.1) is 11.3 Å². The Labute approximate surface area is 104 Å². The molecule has 6 heteroatoms. The predicted octanol–water partition coefficient (Wildman–Crippen LogP) is 0.456. The highest BCUT2D eigenvalue weighted by molar-refractivity contribution is 7.11. The van der Waals surface area contributed by atoms with Crippen molar-refractivity contribution in [2.45, 2.75) is 44.4 Å². The fraction of sp³-hybridized carbons (Fsp3) is 0.636. The predicted molar refractivity (Wildman–Crippen MR) is 64.0 cm³/mol. The van der Waals surface area contributed by atoms with Gasteiger partial charge >= 0.3 is 0 Å². The minimum absolute atomic E-state index is 0.219. The van der Waals surface area contributed by atoms with Crippen LogP contribution in [0.4, 0.5) is 0 Å². The van der Waals surface area contributed by atoms with Crippen LogP contribution in [0.15, 0.2) is 5.51 Å². The van der Waals surface area contributed by atoms with Crippen LogP contribution in [-0.2, 0) is 0 Å². The number of aliphatic hydroxyl groups is 2. The number of carbonyl (C=O) groups is 1. The highest BCUT2D eigenvalue weighted by Gasteiger charge is 2.32. The van der Waals surface area contributed by atoms with Gasteiger partial charge in [0, 0.05) is 0 Å². The molecular formula is C11H16N2O3S. The summed E-state index contributed by atoms with van der Waals surface area (Å²) in [6, 6.07) is -0.368. The SMILES string of the molecule is Cc1ncsc1C(=O)N[C@@H]1CCC[C@@H](O)[C@@H]1O. The van der Waals surface area contributed by atoms with Crippen molar-refractivity contribution < 1.29 is 15.0 Å². The number of thiazole rings is 1. The minimum atomic E-state index is -0.874. The van der Waals surface area contributed by atoms with Gasteiger partial charge in [0.15, 0.2) is 0 Å². The summed E-state index contributed by atoms with van der Waals surface area (Å²) < 4.78 is 0. The van der Waals surface area contributed by atoms with Gasteiger partial charge in [-0.25, -0.2) is 4.98 Å². The Kier molecular flexibility index (Phi) is 3.76. The van der Waals surface area contributed by atoms with Gasteiger partial charge in [0.2, 0.25) is 0 Å². The van der Waals surface area contributed by atoms with E-state index in [4.69, 9.17) is 0 Å². The van der Waals surface area contributed by atoms with Crippen molar-refractivity contribution in [3.8, 4) is 0 Å². The molecule has 1 saturated carbocycles. The Bertz CT molecular complexity index is 407. The monoisotopic (exact) mass is 256 g/mol. The van der Waals surface area contributed by atoms with Crippen LogP contribution in [0.5, 0.6) is 0 Å². The Hall–Kier alpha value is -0.980. The summed E-state index contributed by atoms with van der Waals surface area (Å²) in [5.74, 6) is -0.219. The summed E-state index contributed by atoms with van der Waals surface area (Å²) >= 11 is 1.28. The topological polar surface area (TPSA) is 82.5 Å². The van der Waals surface area contributed by atoms with Crippen molar-refractivity contribution in [2.24, 2.45) is 0 Å². The molecule has 1 aliphatic carbocycles. The smallest absolute Gasteiger partial charge is 0.263 e. The van der Waals surface area contributed by atoms with Crippen LogP contribution in [0.25, 0.3) is 0 Å². The van der Waals surface area contributed by atoms with Crippen LogP contribution in [0, 0.1) is 6.92 Å². The van der Waals surface area contributed by atoms with Crippen LogP contribution >= 0.6 is 11.3 Å². The molecule has 0 aromatic carbocycles. The van der Waals surface area contributed by atoms with Crippen LogP contribution in [0.3, 0.4) is 0 Å². The summed E-state index contributed by atoms with van der Waals surface area (Å²) in [7, 11) is 0. The molecule has 5 nitrogen and oxygen atoms in total. The van der Waals surface area contributed by atoms with E-state index in [1.807, 2.05) is 0 Å². The van der Waals surface area contributed by atoms with Crippen molar-refractivity contribution in [1.29, 1.82) is 0 Å². The molecule has 1 aromatic rings. The van der Waals surface area contributed by atoms with Crippen molar-refractivity contribution in [2.75, 3.05) is 0 Å². The molecule has 1 amide bonds. The maximum Gasteiger partial charge on any atom is 0.263 e. The molecule has 1 heterocycles. The normalized spacial score (nSPS) is 29.0. The first-order valence-electron chi connectivity index (χ1n) is 5.66. The van der Waals surface area contributed by atoms with E-state index >= 15 is 0 Å². The third kappa shape index (κ3) is 2.65. The second-order valence-corrected chi connectivity index (χ2v) is 5.19. The zero-order valence-electron chi connectivity index (χ0n) is 9.59. The summed E-state index contributed by atoms with van der Waals surface area (Å²) in [5, 5.41) is 22.1. The van der Waals surface area contributed by atoms with Gasteiger partial charge in [-0.2, -0.15) is 0 Å². The minimum Gasteiger partial charge on any atom is -0.390 e. The van der Waals surface area contributed by atoms with Gasteiger partial charge in [-0.05, 0) is 26.2 Å². The third-order valence-electron chi connectivity index (χ3n) is 3.09. The number of nitrogens with one attached hydrogen (secondary N) is 1. The number of aliphatic hydroxyl groups excluding tert-OH is 2. The average molecular weight is 256 g/mol. The van der Waals surface area contributed by atoms with Crippen molar-refractivity contribution in [3.05, 3.63) is 16.1 Å². The van der Waals surface area contributed by atoms with E-state index < -0.39 is 12.2 Å². The molecule has 3 atom stereocenters. The number of hydrogen-bond donors (Lipinski definition) is 3. The second kappa shape index (κ2) is 5.12. The molecular weight excluding hydrogens is 240 g/mol. The fourth-order valence-electron chi connectivity index (χ4n) is 2.07. The molecule has 0 unspecified atom stereocenters. The Morgan fingerprint density at radius 3 is 2.94 bits per heavy atom. The summed E-state index contributed by atoms with van der Waals surface area (Å²) in [6.07, 6.45) is 0.484. The standard InChI is InChI=1S/C11H16N2O3S/c1-6-10(17-5-12-6)11(16)13-7-3-2-4-8(14)9(7)15/h5,7-9,14-15H,2-4H2,1H3,(H,13,16)/t7-,8-,9-/m1/s1. The maximum absolute atomic E-state index is 11.9. The number of aromatic nitrogens is 1. The summed E-state index contributed by atoms with van der Waals surface area (Å²) in [4.78, 5) is 16.5. The molecule has 3 N–H and O–H groups in total. The molecule has 0 saturated heterocycles. The van der Waals surface area contributed by atoms with Crippen molar-refractivity contribution in [3.63, 3.8) is 0 Å². The van der Waals surface area contributed by atoms with E-state index in [9.17, 15) is 15.0 Å². The molecule has 1 fully saturated rings. The van der Waals surface area contributed by atoms with E-state index in [-0.39, 0.29) is 11.9 Å². The van der Waals surface area contributed by atoms with Crippen LogP contribution in [0.1, 0.15) is 34.6 Å². The van der Waals surface area contributed by atoms with Crippen LogP contribution in [0.2, 0.25) is 0 Å². The van der Waals surface area contributed by atoms with Crippen LogP contribution < -0.4 is 5.32 Å². The largest absolute Gasteiger partial charge is 0.390 e. The summed E-state index contributed by atoms with van der Waals surface area (Å²) in [5.41, 5.74) is 2.31. The number of carbonyl (C=O) groups excluding carboxylic acids is 1. The first-order valence-corrected chi connectivity index (χ1v) is 6.54. The molecule has 0 radical (unpaired) electrons. The Morgan fingerprint density at radius 1 is 1.53 bits per heavy atom. The number of hydrogen-bond acceptors (Lipinski definition) is 5. The first-order chi connectivity index (χ1) is 8.09. The van der Waals surface area contributed by atoms with Gasteiger partial charge in [-0.1, -0.05) is 0 Å². The number of amides is 1. The lowest BCUT2D eigenvalue weighted by atomic mass is 9.90. The highest BCUT2D eigenvalue weighted by Crippen LogP contribution is 2.20. The van der Waals surface area contributed by atoms with E-state index in [1.165, 1.54) is 11.3 Å². The lowest BCUT2D eigenvalue weighted by Crippen LogP contribution is -2.50. The molecule has 1 aromatic heterocycles. The zero-order valence-corrected chi connectivity index (χ0v) is 10.4. The number of rotatable bonds is 2. The lowest BCUT2D eigenvalue weighted by molar-refractivity contribution is -0.0277. The highest BCUT2D eigenvalue weighted by atomic mass is 32.1. The molecule has 0 spiro atoms. The van der Waals surface area contributed by atoms with Gasteiger partial charge in [0.25, 0.3) is 5.91 Å². The molecule has 17 heavy (non-hydrogen) atoms. The molecule has 2 rings (SSSR count). The Morgan fingerprint density at radius 2 is 2.29 bits per heavy atom. The number of aryl methyl sites for hydroxylation is 1. The van der Waals surface area contributed by atoms with Gasteiger partial charge < -0.3 is 15.5 Å². The molecule has 1 aliphatic rings. The molecule has 0 bridgehead atoms. The molecule has 0 aliphatic heterocycles. The van der Waals surface area contributed by atoms with Crippen molar-refractivity contribution >= 4 is 17.2 Å². The lowest BCUT2D eigenvalue weighted by Gasteiger charge is -2.32. The molecule has 94 valence electrons. The maximum atomic E-state index is 11.9. The Balaban J connectivity index is 2.01. The van der Waals surface area contributed by atoms with Gasteiger partial charge in [0.05, 0.1) is 29.5 Å². The van der Waals surface area contributed by atoms with Crippen LogP contribution in [-0.4, -0.2) is 39.4 Å². The van der Waals surface area contributed by atoms with E-state index in [0.717, 1.165) is 6.42 Å². The first kappa shape index (κ1) is 12.5. The van der Waals surface area contributed by atoms with Crippen molar-refractivity contribution in [1.82, 2.24) is 10.3 Å². The quantitative estimate of drug-likeness (QED) is 0.717. The van der Waals surface area contributed by atoms with Gasteiger partial charge in [-0.3, -0.25) is 4.79 Å². The number of nitrogens with zero attached hydrogens (tertiary/aromatic N) is 1. The van der Waals surface area contributed by atoms with Gasteiger partial charge in [0.1, 0.15) is 4.88 Å². The third-order valence-corrected chi connectivity index (χ3v) is 4.02. The van der Waals surface area contributed by atoms with E-state index in [0.29, 0.717) is 23.4 Å². The fourth-order valence-corrected chi connectivity index (χ4v) is 2.77. The average Bonchev–Trinajstić information content (AvgIpc) is 2.71. The van der Waals surface area contributed by atoms with E-state index in [2.05, 4.69) is 10.3 Å². The van der Waals surface area contributed by atoms with E-state index in [1.54, 1.807) is 12.4 Å². The summed E-state index contributed by atoms with van der Waals surface area (Å²) in [6.45, 7) is 1.78. The zero-order chi connectivity index (χ0) is 12.4. The second-order valence-electron chi connectivity index (χ2n) is 4.34.